The Hall–Kier alpha value is -2.09. The van der Waals surface area contributed by atoms with Gasteiger partial charge in [0.15, 0.2) is 5.82 Å². The highest BCUT2D eigenvalue weighted by atomic mass is 19.4. The van der Waals surface area contributed by atoms with Crippen molar-refractivity contribution in [2.45, 2.75) is 12.6 Å². The summed E-state index contributed by atoms with van der Waals surface area (Å²) in [6.07, 6.45) is -3.91. The number of likely N-dealkylation sites (N-methyl/N-ethyl adjacent to an activating group) is 1. The molecule has 1 aromatic carbocycles. The molecule has 114 valence electrons. The highest BCUT2D eigenvalue weighted by Gasteiger charge is 2.31. The maximum absolute atomic E-state index is 12.7. The third kappa shape index (κ3) is 3.72. The Morgan fingerprint density at radius 3 is 2.62 bits per heavy atom. The fourth-order valence-electron chi connectivity index (χ4n) is 1.71. The van der Waals surface area contributed by atoms with Gasteiger partial charge in [-0.3, -0.25) is 0 Å². The lowest BCUT2D eigenvalue weighted by molar-refractivity contribution is -0.137. The van der Waals surface area contributed by atoms with Crippen LogP contribution in [-0.2, 0) is 12.6 Å². The van der Waals surface area contributed by atoms with Crippen LogP contribution >= 0.6 is 0 Å². The van der Waals surface area contributed by atoms with E-state index in [0.29, 0.717) is 18.8 Å². The Bertz CT molecular complexity index is 622. The zero-order valence-corrected chi connectivity index (χ0v) is 11.6. The van der Waals surface area contributed by atoms with E-state index in [2.05, 4.69) is 10.1 Å². The minimum absolute atomic E-state index is 0.00708. The van der Waals surface area contributed by atoms with Gasteiger partial charge in [-0.05, 0) is 32.3 Å². The van der Waals surface area contributed by atoms with Gasteiger partial charge in [-0.1, -0.05) is 5.16 Å². The van der Waals surface area contributed by atoms with Gasteiger partial charge in [-0.15, -0.1) is 0 Å². The van der Waals surface area contributed by atoms with Gasteiger partial charge < -0.3 is 15.2 Å². The van der Waals surface area contributed by atoms with Gasteiger partial charge in [0.1, 0.15) is 0 Å². The van der Waals surface area contributed by atoms with E-state index in [1.807, 2.05) is 19.0 Å². The summed E-state index contributed by atoms with van der Waals surface area (Å²) in [5, 5.41) is 3.75. The summed E-state index contributed by atoms with van der Waals surface area (Å²) in [6.45, 7) is 0.705. The molecule has 8 heteroatoms. The first-order valence-corrected chi connectivity index (χ1v) is 6.22. The molecule has 5 nitrogen and oxygen atoms in total. The molecule has 0 unspecified atom stereocenters. The lowest BCUT2D eigenvalue weighted by Gasteiger charge is -2.08. The average Bonchev–Trinajstić information content (AvgIpc) is 2.84. The van der Waals surface area contributed by atoms with Crippen molar-refractivity contribution in [3.05, 3.63) is 29.6 Å². The van der Waals surface area contributed by atoms with E-state index < -0.39 is 11.7 Å². The van der Waals surface area contributed by atoms with Crippen LogP contribution in [-0.4, -0.2) is 35.7 Å². The van der Waals surface area contributed by atoms with Crippen molar-refractivity contribution >= 4 is 5.69 Å². The zero-order chi connectivity index (χ0) is 15.6. The third-order valence-electron chi connectivity index (χ3n) is 2.86. The Morgan fingerprint density at radius 2 is 2.00 bits per heavy atom. The topological polar surface area (TPSA) is 68.2 Å². The van der Waals surface area contributed by atoms with Crippen LogP contribution < -0.4 is 5.73 Å². The predicted octanol–water partition coefficient (Wildman–Crippen LogP) is 2.44. The Kier molecular flexibility index (Phi) is 4.17. The van der Waals surface area contributed by atoms with Crippen LogP contribution in [0.15, 0.2) is 22.7 Å². The number of nitrogens with zero attached hydrogens (tertiary/aromatic N) is 3. The number of alkyl halides is 3. The highest BCUT2D eigenvalue weighted by molar-refractivity contribution is 5.71. The minimum atomic E-state index is -4.45. The number of benzene rings is 1. The molecule has 0 amide bonds. The van der Waals surface area contributed by atoms with Gasteiger partial charge in [0.2, 0.25) is 0 Å². The molecule has 0 aliphatic carbocycles. The SMILES string of the molecule is CN(C)CCc1noc(-c2cc(C(F)(F)F)ccc2N)n1. The fourth-order valence-corrected chi connectivity index (χ4v) is 1.71. The number of nitrogen functional groups attached to an aromatic ring is 1. The molecule has 0 bridgehead atoms. The monoisotopic (exact) mass is 300 g/mol. The van der Waals surface area contributed by atoms with Crippen molar-refractivity contribution in [1.29, 1.82) is 0 Å². The Labute approximate surface area is 119 Å². The smallest absolute Gasteiger partial charge is 0.398 e. The summed E-state index contributed by atoms with van der Waals surface area (Å²) in [7, 11) is 3.79. The number of hydrogen-bond acceptors (Lipinski definition) is 5. The Morgan fingerprint density at radius 1 is 1.29 bits per heavy atom. The van der Waals surface area contributed by atoms with Crippen LogP contribution in [0.2, 0.25) is 0 Å². The molecular formula is C13H15F3N4O. The normalized spacial score (nSPS) is 12.1. The molecule has 0 aliphatic heterocycles. The zero-order valence-electron chi connectivity index (χ0n) is 11.6. The second-order valence-electron chi connectivity index (χ2n) is 4.87. The largest absolute Gasteiger partial charge is 0.416 e. The van der Waals surface area contributed by atoms with E-state index in [9.17, 15) is 13.2 Å². The van der Waals surface area contributed by atoms with Crippen LogP contribution in [0, 0.1) is 0 Å². The lowest BCUT2D eigenvalue weighted by atomic mass is 10.1. The first-order chi connectivity index (χ1) is 9.77. The maximum Gasteiger partial charge on any atom is 0.416 e. The van der Waals surface area contributed by atoms with Crippen LogP contribution in [0.25, 0.3) is 11.5 Å². The number of rotatable bonds is 4. The maximum atomic E-state index is 12.7. The second kappa shape index (κ2) is 5.72. The number of aromatic nitrogens is 2. The molecular weight excluding hydrogens is 285 g/mol. The van der Waals surface area contributed by atoms with Gasteiger partial charge in [0, 0.05) is 18.7 Å². The summed E-state index contributed by atoms with van der Waals surface area (Å²) in [5.74, 6) is 0.419. The van der Waals surface area contributed by atoms with Gasteiger partial charge >= 0.3 is 6.18 Å². The van der Waals surface area contributed by atoms with E-state index in [4.69, 9.17) is 10.3 Å². The van der Waals surface area contributed by atoms with Crippen LogP contribution in [0.4, 0.5) is 18.9 Å². The van der Waals surface area contributed by atoms with Crippen molar-refractivity contribution in [3.8, 4) is 11.5 Å². The first kappa shape index (κ1) is 15.3. The summed E-state index contributed by atoms with van der Waals surface area (Å²) in [4.78, 5) is 6.02. The number of halogens is 3. The molecule has 0 aliphatic rings. The van der Waals surface area contributed by atoms with Gasteiger partial charge in [0.05, 0.1) is 11.1 Å². The molecule has 1 aromatic heterocycles. The number of hydrogen-bond donors (Lipinski definition) is 1. The van der Waals surface area contributed by atoms with E-state index in [1.165, 1.54) is 6.07 Å². The van der Waals surface area contributed by atoms with Crippen molar-refractivity contribution in [1.82, 2.24) is 15.0 Å². The summed E-state index contributed by atoms with van der Waals surface area (Å²) >= 11 is 0. The lowest BCUT2D eigenvalue weighted by Crippen LogP contribution is -2.15. The summed E-state index contributed by atoms with van der Waals surface area (Å²) < 4.78 is 43.2. The molecule has 0 saturated carbocycles. The molecule has 1 heterocycles. The molecule has 2 aromatic rings. The second-order valence-corrected chi connectivity index (χ2v) is 4.87. The minimum Gasteiger partial charge on any atom is -0.398 e. The quantitative estimate of drug-likeness (QED) is 0.878. The van der Waals surface area contributed by atoms with E-state index in [1.54, 1.807) is 0 Å². The van der Waals surface area contributed by atoms with E-state index in [-0.39, 0.29) is 17.1 Å². The molecule has 2 rings (SSSR count). The predicted molar refractivity (Wildman–Crippen MR) is 71.4 cm³/mol. The van der Waals surface area contributed by atoms with Crippen LogP contribution in [0.3, 0.4) is 0 Å². The highest BCUT2D eigenvalue weighted by Crippen LogP contribution is 2.34. The Balaban J connectivity index is 2.29. The van der Waals surface area contributed by atoms with Crippen molar-refractivity contribution < 1.29 is 17.7 Å². The van der Waals surface area contributed by atoms with E-state index >= 15 is 0 Å². The van der Waals surface area contributed by atoms with E-state index in [0.717, 1.165) is 12.1 Å². The molecule has 0 radical (unpaired) electrons. The van der Waals surface area contributed by atoms with Crippen molar-refractivity contribution in [3.63, 3.8) is 0 Å². The first-order valence-electron chi connectivity index (χ1n) is 6.22. The average molecular weight is 300 g/mol. The van der Waals surface area contributed by atoms with Gasteiger partial charge in [-0.25, -0.2) is 0 Å². The van der Waals surface area contributed by atoms with Crippen LogP contribution in [0.5, 0.6) is 0 Å². The molecule has 0 fully saturated rings. The molecule has 2 N–H and O–H groups in total. The molecule has 21 heavy (non-hydrogen) atoms. The number of anilines is 1. The van der Waals surface area contributed by atoms with Crippen molar-refractivity contribution in [2.75, 3.05) is 26.4 Å². The fraction of sp³-hybridized carbons (Fsp3) is 0.385. The number of nitrogens with two attached hydrogens (primary N) is 1. The van der Waals surface area contributed by atoms with Crippen molar-refractivity contribution in [2.24, 2.45) is 0 Å². The summed E-state index contributed by atoms with van der Waals surface area (Å²) in [6, 6.07) is 3.02. The van der Waals surface area contributed by atoms with Crippen LogP contribution in [0.1, 0.15) is 11.4 Å². The molecule has 0 saturated heterocycles. The van der Waals surface area contributed by atoms with Gasteiger partial charge in [-0.2, -0.15) is 18.2 Å². The van der Waals surface area contributed by atoms with Gasteiger partial charge in [0.25, 0.3) is 5.89 Å². The third-order valence-corrected chi connectivity index (χ3v) is 2.86. The summed E-state index contributed by atoms with van der Waals surface area (Å²) in [5.41, 5.74) is 5.14. The standard InChI is InChI=1S/C13H15F3N4O/c1-20(2)6-5-11-18-12(21-19-11)9-7-8(13(14,15)16)3-4-10(9)17/h3-4,7H,5-6,17H2,1-2H3. The molecule has 0 spiro atoms. The molecule has 0 atom stereocenters.